The summed E-state index contributed by atoms with van der Waals surface area (Å²) in [5.41, 5.74) is -0.108. The highest BCUT2D eigenvalue weighted by atomic mass is 79.9. The van der Waals surface area contributed by atoms with Crippen molar-refractivity contribution in [1.82, 2.24) is 4.72 Å². The third-order valence-corrected chi connectivity index (χ3v) is 5.39. The largest absolute Gasteiger partial charge is 0.300 e. The molecule has 2 atom stereocenters. The van der Waals surface area contributed by atoms with Gasteiger partial charge in [0.15, 0.2) is 0 Å². The van der Waals surface area contributed by atoms with E-state index in [4.69, 9.17) is 0 Å². The van der Waals surface area contributed by atoms with Crippen LogP contribution in [-0.2, 0) is 21.3 Å². The highest BCUT2D eigenvalue weighted by Gasteiger charge is 2.34. The van der Waals surface area contributed by atoms with Gasteiger partial charge in [-0.3, -0.25) is 4.79 Å². The van der Waals surface area contributed by atoms with Crippen LogP contribution in [0.3, 0.4) is 0 Å². The Kier molecular flexibility index (Phi) is 5.86. The lowest BCUT2D eigenvalue weighted by Crippen LogP contribution is -2.47. The number of Topliss-reactive ketones (excluding diaryl/α,β-unsaturated/α-hetero) is 1. The molecule has 0 radical (unpaired) electrons. The van der Waals surface area contributed by atoms with Gasteiger partial charge < -0.3 is 0 Å². The van der Waals surface area contributed by atoms with Gasteiger partial charge in [0.05, 0.1) is 25.7 Å². The van der Waals surface area contributed by atoms with E-state index in [0.717, 1.165) is 0 Å². The second-order valence-corrected chi connectivity index (χ2v) is 9.14. The minimum atomic E-state index is -1.35. The number of carbonyl (C=O) groups excluding carboxylic acids is 1. The monoisotopic (exact) mass is 377 g/mol. The standard InChI is InChI=1S/C15H21BrFNO2S/c1-10(19)9-15(5,18-21(20)14(2,3)4)11-6-7-13(17)12(16)8-11/h6-8,18H,9H2,1-5H3/t15-,21+/m0/s1. The fourth-order valence-electron chi connectivity index (χ4n) is 1.89. The van der Waals surface area contributed by atoms with Gasteiger partial charge in [0, 0.05) is 6.42 Å². The maximum Gasteiger partial charge on any atom is 0.137 e. The van der Waals surface area contributed by atoms with Crippen LogP contribution in [0, 0.1) is 5.82 Å². The quantitative estimate of drug-likeness (QED) is 0.847. The lowest BCUT2D eigenvalue weighted by molar-refractivity contribution is -0.118. The Morgan fingerprint density at radius 2 is 1.90 bits per heavy atom. The van der Waals surface area contributed by atoms with Crippen LogP contribution in [0.25, 0.3) is 0 Å². The van der Waals surface area contributed by atoms with Crippen molar-refractivity contribution in [3.8, 4) is 0 Å². The second-order valence-electron chi connectivity index (χ2n) is 6.32. The lowest BCUT2D eigenvalue weighted by Gasteiger charge is -2.33. The summed E-state index contributed by atoms with van der Waals surface area (Å²) < 4.78 is 28.7. The van der Waals surface area contributed by atoms with Crippen LogP contribution in [0.15, 0.2) is 22.7 Å². The van der Waals surface area contributed by atoms with Crippen LogP contribution in [0.4, 0.5) is 4.39 Å². The van der Waals surface area contributed by atoms with Gasteiger partial charge in [-0.2, -0.15) is 0 Å². The van der Waals surface area contributed by atoms with Gasteiger partial charge in [0.2, 0.25) is 0 Å². The topological polar surface area (TPSA) is 46.2 Å². The van der Waals surface area contributed by atoms with Gasteiger partial charge in [-0.25, -0.2) is 13.3 Å². The summed E-state index contributed by atoms with van der Waals surface area (Å²) in [6.45, 7) is 8.84. The SMILES string of the molecule is CC(=O)C[C@](C)(N[S@](=O)C(C)(C)C)c1ccc(F)c(Br)c1. The molecule has 1 N–H and O–H groups in total. The number of nitrogens with one attached hydrogen (secondary N) is 1. The van der Waals surface area contributed by atoms with E-state index in [1.54, 1.807) is 19.1 Å². The Morgan fingerprint density at radius 1 is 1.33 bits per heavy atom. The minimum Gasteiger partial charge on any atom is -0.300 e. The molecule has 0 heterocycles. The molecule has 0 unspecified atom stereocenters. The van der Waals surface area contributed by atoms with Crippen molar-refractivity contribution in [1.29, 1.82) is 0 Å². The molecule has 1 rings (SSSR count). The summed E-state index contributed by atoms with van der Waals surface area (Å²) in [6, 6.07) is 4.56. The molecule has 0 fully saturated rings. The predicted octanol–water partition coefficient (Wildman–Crippen LogP) is 3.83. The first-order valence-corrected chi connectivity index (χ1v) is 8.54. The van der Waals surface area contributed by atoms with Crippen molar-refractivity contribution in [3.05, 3.63) is 34.1 Å². The number of halogens is 2. The molecule has 6 heteroatoms. The smallest absolute Gasteiger partial charge is 0.137 e. The second kappa shape index (κ2) is 6.67. The summed E-state index contributed by atoms with van der Waals surface area (Å²) in [5, 5.41) is 0. The van der Waals surface area contributed by atoms with Crippen LogP contribution in [0.5, 0.6) is 0 Å². The van der Waals surface area contributed by atoms with Crippen molar-refractivity contribution in [2.45, 2.75) is 51.3 Å². The zero-order valence-electron chi connectivity index (χ0n) is 12.9. The van der Waals surface area contributed by atoms with Crippen LogP contribution < -0.4 is 4.72 Å². The average molecular weight is 378 g/mol. The number of hydrogen-bond acceptors (Lipinski definition) is 2. The fraction of sp³-hybridized carbons (Fsp3) is 0.533. The molecule has 0 aliphatic rings. The highest BCUT2D eigenvalue weighted by Crippen LogP contribution is 2.30. The fourth-order valence-corrected chi connectivity index (χ4v) is 3.18. The van der Waals surface area contributed by atoms with Crippen LogP contribution >= 0.6 is 15.9 Å². The number of rotatable bonds is 5. The van der Waals surface area contributed by atoms with Gasteiger partial charge in [-0.05, 0) is 68.2 Å². The van der Waals surface area contributed by atoms with Gasteiger partial charge in [-0.15, -0.1) is 0 Å². The summed E-state index contributed by atoms with van der Waals surface area (Å²) in [4.78, 5) is 11.6. The van der Waals surface area contributed by atoms with E-state index >= 15 is 0 Å². The minimum absolute atomic E-state index is 0.0312. The summed E-state index contributed by atoms with van der Waals surface area (Å²) in [7, 11) is -1.35. The molecule has 21 heavy (non-hydrogen) atoms. The molecular weight excluding hydrogens is 357 g/mol. The Hall–Kier alpha value is -0.590. The number of carbonyl (C=O) groups is 1. The first-order valence-electron chi connectivity index (χ1n) is 6.60. The summed E-state index contributed by atoms with van der Waals surface area (Å²) in [5.74, 6) is -0.405. The first kappa shape index (κ1) is 18.5. The molecule has 0 bridgehead atoms. The molecule has 0 spiro atoms. The van der Waals surface area contributed by atoms with Crippen LogP contribution in [0.2, 0.25) is 0 Å². The molecule has 3 nitrogen and oxygen atoms in total. The molecule has 0 aromatic heterocycles. The van der Waals surface area contributed by atoms with Gasteiger partial charge in [0.25, 0.3) is 0 Å². The van der Waals surface area contributed by atoms with E-state index in [1.165, 1.54) is 13.0 Å². The van der Waals surface area contributed by atoms with E-state index in [0.29, 0.717) is 10.0 Å². The van der Waals surface area contributed by atoms with Gasteiger partial charge in [0.1, 0.15) is 11.6 Å². The maximum atomic E-state index is 13.4. The van der Waals surface area contributed by atoms with Gasteiger partial charge in [-0.1, -0.05) is 6.07 Å². The van der Waals surface area contributed by atoms with Crippen molar-refractivity contribution >= 4 is 32.7 Å². The van der Waals surface area contributed by atoms with Crippen molar-refractivity contribution in [3.63, 3.8) is 0 Å². The molecule has 0 amide bonds. The molecule has 0 aliphatic heterocycles. The highest BCUT2D eigenvalue weighted by molar-refractivity contribution is 9.10. The average Bonchev–Trinajstić information content (AvgIpc) is 2.30. The van der Waals surface area contributed by atoms with Crippen molar-refractivity contribution < 1.29 is 13.4 Å². The van der Waals surface area contributed by atoms with E-state index < -0.39 is 21.3 Å². The van der Waals surface area contributed by atoms with E-state index in [2.05, 4.69) is 20.7 Å². The molecule has 0 saturated carbocycles. The maximum absolute atomic E-state index is 13.4. The molecular formula is C15H21BrFNO2S. The van der Waals surface area contributed by atoms with E-state index in [-0.39, 0.29) is 18.0 Å². The zero-order chi connectivity index (χ0) is 16.4. The van der Waals surface area contributed by atoms with Crippen LogP contribution in [-0.4, -0.2) is 14.7 Å². The lowest BCUT2D eigenvalue weighted by atomic mass is 9.88. The first-order chi connectivity index (χ1) is 9.45. The summed E-state index contributed by atoms with van der Waals surface area (Å²) >= 11 is 3.15. The molecule has 1 aromatic rings. The Morgan fingerprint density at radius 3 is 2.33 bits per heavy atom. The Balaban J connectivity index is 3.22. The third-order valence-electron chi connectivity index (χ3n) is 3.03. The number of benzene rings is 1. The zero-order valence-corrected chi connectivity index (χ0v) is 15.3. The third kappa shape index (κ3) is 4.97. The molecule has 118 valence electrons. The van der Waals surface area contributed by atoms with Gasteiger partial charge >= 0.3 is 0 Å². The Labute approximate surface area is 136 Å². The van der Waals surface area contributed by atoms with Crippen molar-refractivity contribution in [2.75, 3.05) is 0 Å². The molecule has 0 saturated heterocycles. The van der Waals surface area contributed by atoms with E-state index in [1.807, 2.05) is 20.8 Å². The van der Waals surface area contributed by atoms with Crippen LogP contribution in [0.1, 0.15) is 46.6 Å². The molecule has 1 aromatic carbocycles. The predicted molar refractivity (Wildman–Crippen MR) is 87.8 cm³/mol. The van der Waals surface area contributed by atoms with E-state index in [9.17, 15) is 13.4 Å². The van der Waals surface area contributed by atoms with Crippen molar-refractivity contribution in [2.24, 2.45) is 0 Å². The number of ketones is 1. The summed E-state index contributed by atoms with van der Waals surface area (Å²) in [6.07, 6.45) is 0.174. The number of hydrogen-bond donors (Lipinski definition) is 1. The Bertz CT molecular complexity index is 571. The molecule has 0 aliphatic carbocycles. The normalized spacial score (nSPS) is 16.3.